The predicted octanol–water partition coefficient (Wildman–Crippen LogP) is 0.503. The topological polar surface area (TPSA) is 98.7 Å². The van der Waals surface area contributed by atoms with E-state index in [0.717, 1.165) is 6.92 Å². The smallest absolute Gasteiger partial charge is 0.337 e. The number of carbonyl (C=O) groups excluding carboxylic acids is 1. The molecule has 110 valence electrons. The summed E-state index contributed by atoms with van der Waals surface area (Å²) in [6.45, 7) is 0.852. The summed E-state index contributed by atoms with van der Waals surface area (Å²) in [6, 6.07) is 5.60. The summed E-state index contributed by atoms with van der Waals surface area (Å²) >= 11 is 0. The fraction of sp³-hybridized carbons (Fsp3) is 0.385. The zero-order chi connectivity index (χ0) is 15.2. The molecule has 0 radical (unpaired) electrons. The second kappa shape index (κ2) is 6.85. The van der Waals surface area contributed by atoms with E-state index in [9.17, 15) is 19.1 Å². The highest BCUT2D eigenvalue weighted by Gasteiger charge is 2.30. The highest BCUT2D eigenvalue weighted by Crippen LogP contribution is 2.06. The van der Waals surface area contributed by atoms with E-state index in [1.54, 1.807) is 18.2 Å². The lowest BCUT2D eigenvalue weighted by atomic mass is 10.1. The average molecular weight is 284 g/mol. The zero-order valence-electron chi connectivity index (χ0n) is 11.0. The molecule has 0 spiro atoms. The van der Waals surface area contributed by atoms with Gasteiger partial charge in [-0.15, -0.1) is 0 Å². The van der Waals surface area contributed by atoms with E-state index in [4.69, 9.17) is 5.11 Å². The minimum absolute atomic E-state index is 0.196. The van der Waals surface area contributed by atoms with E-state index in [0.29, 0.717) is 12.0 Å². The summed E-state index contributed by atoms with van der Waals surface area (Å²) in [5.74, 6) is -1.77. The first kappa shape index (κ1) is 15.9. The standard InChI is InChI=1S/C13H17FN2O4/c1-13(20,11(17)18)8-16-12(19)15-7-6-9-4-2-3-5-10(9)14/h2-5,20H,6-8H2,1H3,(H,17,18)(H2,15,16,19). The number of rotatable bonds is 6. The summed E-state index contributed by atoms with van der Waals surface area (Å²) in [6.07, 6.45) is 0.315. The summed E-state index contributed by atoms with van der Waals surface area (Å²) in [5, 5.41) is 22.7. The van der Waals surface area contributed by atoms with Crippen LogP contribution in [0.3, 0.4) is 0 Å². The molecule has 0 saturated carbocycles. The molecule has 2 amide bonds. The third-order valence-electron chi connectivity index (χ3n) is 2.69. The molecule has 0 saturated heterocycles. The lowest BCUT2D eigenvalue weighted by Gasteiger charge is -2.18. The molecule has 1 aromatic rings. The van der Waals surface area contributed by atoms with Crippen LogP contribution in [0, 0.1) is 5.82 Å². The molecule has 0 bridgehead atoms. The van der Waals surface area contributed by atoms with Crippen molar-refractivity contribution < 1.29 is 24.2 Å². The molecule has 0 aliphatic rings. The van der Waals surface area contributed by atoms with Crippen molar-refractivity contribution in [1.82, 2.24) is 10.6 Å². The number of hydrogen-bond donors (Lipinski definition) is 4. The van der Waals surface area contributed by atoms with E-state index in [1.807, 2.05) is 0 Å². The molecule has 4 N–H and O–H groups in total. The van der Waals surface area contributed by atoms with Crippen LogP contribution in [0.4, 0.5) is 9.18 Å². The van der Waals surface area contributed by atoms with Crippen molar-refractivity contribution in [3.63, 3.8) is 0 Å². The van der Waals surface area contributed by atoms with Gasteiger partial charge in [0.05, 0.1) is 6.54 Å². The third-order valence-corrected chi connectivity index (χ3v) is 2.69. The maximum Gasteiger partial charge on any atom is 0.337 e. The number of halogens is 1. The molecule has 0 heterocycles. The van der Waals surface area contributed by atoms with Gasteiger partial charge in [-0.1, -0.05) is 18.2 Å². The SMILES string of the molecule is CC(O)(CNC(=O)NCCc1ccccc1F)C(=O)O. The van der Waals surface area contributed by atoms with Gasteiger partial charge in [-0.3, -0.25) is 0 Å². The molecule has 7 heteroatoms. The van der Waals surface area contributed by atoms with Gasteiger partial charge in [-0.25, -0.2) is 14.0 Å². The molecule has 1 aromatic carbocycles. The van der Waals surface area contributed by atoms with E-state index in [2.05, 4.69) is 10.6 Å². The van der Waals surface area contributed by atoms with Gasteiger partial charge in [-0.2, -0.15) is 0 Å². The van der Waals surface area contributed by atoms with E-state index in [1.165, 1.54) is 6.07 Å². The fourth-order valence-electron chi connectivity index (χ4n) is 1.40. The Hall–Kier alpha value is -2.15. The molecule has 1 atom stereocenters. The number of amides is 2. The monoisotopic (exact) mass is 284 g/mol. The molecule has 0 aliphatic carbocycles. The third kappa shape index (κ3) is 4.85. The molecule has 0 aliphatic heterocycles. The van der Waals surface area contributed by atoms with Gasteiger partial charge in [0.1, 0.15) is 5.82 Å². The second-order valence-corrected chi connectivity index (χ2v) is 4.53. The van der Waals surface area contributed by atoms with E-state index >= 15 is 0 Å². The van der Waals surface area contributed by atoms with Gasteiger partial charge < -0.3 is 20.8 Å². The maximum absolute atomic E-state index is 13.3. The first-order valence-corrected chi connectivity index (χ1v) is 6.04. The zero-order valence-corrected chi connectivity index (χ0v) is 11.0. The molecule has 1 unspecified atom stereocenters. The minimum Gasteiger partial charge on any atom is -0.479 e. The van der Waals surface area contributed by atoms with Crippen LogP contribution in [0.25, 0.3) is 0 Å². The van der Waals surface area contributed by atoms with E-state index in [-0.39, 0.29) is 12.4 Å². The minimum atomic E-state index is -2.02. The molecule has 0 aromatic heterocycles. The number of carboxylic acid groups (broad SMARTS) is 1. The number of benzene rings is 1. The number of aliphatic hydroxyl groups is 1. The molecule has 0 fully saturated rings. The summed E-state index contributed by atoms with van der Waals surface area (Å²) in [5.41, 5.74) is -1.55. The number of carbonyl (C=O) groups is 2. The quantitative estimate of drug-likeness (QED) is 0.611. The first-order chi connectivity index (χ1) is 9.33. The van der Waals surface area contributed by atoms with Crippen molar-refractivity contribution in [2.45, 2.75) is 18.9 Å². The van der Waals surface area contributed by atoms with Crippen molar-refractivity contribution in [3.05, 3.63) is 35.6 Å². The normalized spacial score (nSPS) is 13.3. The molecular formula is C13H17FN2O4. The van der Waals surface area contributed by atoms with Gasteiger partial charge in [-0.05, 0) is 25.0 Å². The average Bonchev–Trinajstić information content (AvgIpc) is 2.38. The summed E-state index contributed by atoms with van der Waals surface area (Å²) < 4.78 is 13.3. The second-order valence-electron chi connectivity index (χ2n) is 4.53. The van der Waals surface area contributed by atoms with Crippen LogP contribution in [0.5, 0.6) is 0 Å². The Labute approximate surface area is 115 Å². The molecule has 20 heavy (non-hydrogen) atoms. The fourth-order valence-corrected chi connectivity index (χ4v) is 1.40. The molecular weight excluding hydrogens is 267 g/mol. The largest absolute Gasteiger partial charge is 0.479 e. The van der Waals surface area contributed by atoms with Gasteiger partial charge in [0.2, 0.25) is 0 Å². The van der Waals surface area contributed by atoms with Crippen molar-refractivity contribution in [1.29, 1.82) is 0 Å². The maximum atomic E-state index is 13.3. The van der Waals surface area contributed by atoms with Crippen LogP contribution in [0.15, 0.2) is 24.3 Å². The Kier molecular flexibility index (Phi) is 5.45. The number of nitrogens with one attached hydrogen (secondary N) is 2. The van der Waals surface area contributed by atoms with Crippen LogP contribution in [-0.2, 0) is 11.2 Å². The predicted molar refractivity (Wildman–Crippen MR) is 69.8 cm³/mol. The highest BCUT2D eigenvalue weighted by molar-refractivity contribution is 5.79. The van der Waals surface area contributed by atoms with Crippen LogP contribution in [0.2, 0.25) is 0 Å². The Balaban J connectivity index is 2.31. The van der Waals surface area contributed by atoms with Gasteiger partial charge in [0, 0.05) is 6.54 Å². The van der Waals surface area contributed by atoms with E-state index < -0.39 is 24.1 Å². The highest BCUT2D eigenvalue weighted by atomic mass is 19.1. The van der Waals surface area contributed by atoms with Crippen LogP contribution in [-0.4, -0.2) is 40.9 Å². The van der Waals surface area contributed by atoms with Gasteiger partial charge >= 0.3 is 12.0 Å². The Morgan fingerprint density at radius 3 is 2.55 bits per heavy atom. The van der Waals surface area contributed by atoms with Crippen molar-refractivity contribution >= 4 is 12.0 Å². The Morgan fingerprint density at radius 1 is 1.30 bits per heavy atom. The Morgan fingerprint density at radius 2 is 1.95 bits per heavy atom. The Bertz CT molecular complexity index is 491. The van der Waals surface area contributed by atoms with Crippen LogP contribution < -0.4 is 10.6 Å². The summed E-state index contributed by atoms with van der Waals surface area (Å²) in [7, 11) is 0. The van der Waals surface area contributed by atoms with Crippen LogP contribution in [0.1, 0.15) is 12.5 Å². The van der Waals surface area contributed by atoms with Crippen molar-refractivity contribution in [2.24, 2.45) is 0 Å². The molecule has 1 rings (SSSR count). The van der Waals surface area contributed by atoms with Crippen LogP contribution >= 0.6 is 0 Å². The lowest BCUT2D eigenvalue weighted by molar-refractivity contribution is -0.155. The van der Waals surface area contributed by atoms with Crippen molar-refractivity contribution in [2.75, 3.05) is 13.1 Å². The first-order valence-electron chi connectivity index (χ1n) is 6.04. The number of aliphatic carboxylic acids is 1. The van der Waals surface area contributed by atoms with Crippen molar-refractivity contribution in [3.8, 4) is 0 Å². The number of carboxylic acids is 1. The van der Waals surface area contributed by atoms with Gasteiger partial charge in [0.25, 0.3) is 0 Å². The number of urea groups is 1. The lowest BCUT2D eigenvalue weighted by Crippen LogP contribution is -2.49. The number of hydrogen-bond acceptors (Lipinski definition) is 3. The van der Waals surface area contributed by atoms with Gasteiger partial charge in [0.15, 0.2) is 5.60 Å². The summed E-state index contributed by atoms with van der Waals surface area (Å²) in [4.78, 5) is 22.0. The molecule has 6 nitrogen and oxygen atoms in total.